The lowest BCUT2D eigenvalue weighted by Gasteiger charge is -2.36. The molecule has 31 heavy (non-hydrogen) atoms. The lowest BCUT2D eigenvalue weighted by molar-refractivity contribution is -0.115. The molecule has 2 aromatic rings. The number of carbonyl (C=O) groups is 1. The Balaban J connectivity index is 1.43. The van der Waals surface area contributed by atoms with Gasteiger partial charge in [0.05, 0.1) is 4.90 Å². The maximum Gasteiger partial charge on any atom is 0.240 e. The van der Waals surface area contributed by atoms with Crippen LogP contribution in [-0.4, -0.2) is 58.5 Å². The Morgan fingerprint density at radius 3 is 2.39 bits per heavy atom. The van der Waals surface area contributed by atoms with Gasteiger partial charge in [-0.05, 0) is 55.8 Å². The van der Waals surface area contributed by atoms with E-state index in [0.29, 0.717) is 24.2 Å². The van der Waals surface area contributed by atoms with Crippen molar-refractivity contribution in [1.82, 2.24) is 9.62 Å². The van der Waals surface area contributed by atoms with Gasteiger partial charge in [-0.25, -0.2) is 13.1 Å². The smallest absolute Gasteiger partial charge is 0.240 e. The van der Waals surface area contributed by atoms with Crippen LogP contribution >= 0.6 is 0 Å². The Hall–Kier alpha value is -2.42. The Bertz CT molecular complexity index is 972. The number of nitrogens with zero attached hydrogens (tertiary/aromatic N) is 2. The van der Waals surface area contributed by atoms with Crippen LogP contribution in [0.5, 0.6) is 0 Å². The molecule has 1 aliphatic heterocycles. The molecule has 1 fully saturated rings. The zero-order chi connectivity index (χ0) is 22.3. The quantitative estimate of drug-likeness (QED) is 0.581. The average molecular weight is 445 g/mol. The highest BCUT2D eigenvalue weighted by Gasteiger charge is 2.19. The number of aryl methyl sites for hydroxylation is 1. The molecule has 0 aliphatic carbocycles. The number of hydrogen-bond donors (Lipinski definition) is 2. The van der Waals surface area contributed by atoms with Gasteiger partial charge in [0, 0.05) is 50.5 Å². The average Bonchev–Trinajstić information content (AvgIpc) is 2.77. The summed E-state index contributed by atoms with van der Waals surface area (Å²) >= 11 is 0. The van der Waals surface area contributed by atoms with E-state index < -0.39 is 10.0 Å². The fraction of sp³-hybridized carbons (Fsp3) is 0.435. The summed E-state index contributed by atoms with van der Waals surface area (Å²) in [7, 11) is -3.58. The summed E-state index contributed by atoms with van der Waals surface area (Å²) in [5, 5.41) is 2.75. The summed E-state index contributed by atoms with van der Waals surface area (Å²) in [6, 6.07) is 15.3. The first-order valence-electron chi connectivity index (χ1n) is 10.8. The topological polar surface area (TPSA) is 81.7 Å². The molecule has 2 aromatic carbocycles. The molecule has 0 aromatic heterocycles. The van der Waals surface area contributed by atoms with Gasteiger partial charge in [-0.3, -0.25) is 9.69 Å². The van der Waals surface area contributed by atoms with Crippen molar-refractivity contribution in [2.75, 3.05) is 49.5 Å². The minimum absolute atomic E-state index is 0.0993. The molecule has 0 bridgehead atoms. The fourth-order valence-electron chi connectivity index (χ4n) is 3.73. The lowest BCUT2D eigenvalue weighted by atomic mass is 10.2. The highest BCUT2D eigenvalue weighted by molar-refractivity contribution is 7.89. The maximum atomic E-state index is 12.7. The molecule has 0 atom stereocenters. The molecule has 1 aliphatic rings. The predicted molar refractivity (Wildman–Crippen MR) is 125 cm³/mol. The zero-order valence-corrected chi connectivity index (χ0v) is 19.1. The fourth-order valence-corrected chi connectivity index (χ4v) is 5.03. The van der Waals surface area contributed by atoms with Crippen molar-refractivity contribution >= 4 is 27.3 Å². The minimum Gasteiger partial charge on any atom is -0.369 e. The van der Waals surface area contributed by atoms with Crippen molar-refractivity contribution in [3.8, 4) is 0 Å². The number of carbonyl (C=O) groups excluding carboxylic acids is 1. The van der Waals surface area contributed by atoms with Gasteiger partial charge in [0.15, 0.2) is 0 Å². The molecule has 7 nitrogen and oxygen atoms in total. The summed E-state index contributed by atoms with van der Waals surface area (Å²) in [6.07, 6.45) is 1.14. The van der Waals surface area contributed by atoms with Crippen LogP contribution in [0.25, 0.3) is 0 Å². The Labute approximate surface area is 185 Å². The highest BCUT2D eigenvalue weighted by atomic mass is 32.2. The first kappa shape index (κ1) is 23.2. The van der Waals surface area contributed by atoms with Crippen LogP contribution in [0.4, 0.5) is 11.4 Å². The number of benzene rings is 2. The van der Waals surface area contributed by atoms with E-state index in [1.165, 1.54) is 5.69 Å². The van der Waals surface area contributed by atoms with Crippen LogP contribution in [0.3, 0.4) is 0 Å². The van der Waals surface area contributed by atoms with Crippen molar-refractivity contribution in [3.05, 3.63) is 54.1 Å². The van der Waals surface area contributed by atoms with Crippen molar-refractivity contribution in [1.29, 1.82) is 0 Å². The van der Waals surface area contributed by atoms with Crippen LogP contribution in [-0.2, 0) is 14.8 Å². The third-order valence-corrected chi connectivity index (χ3v) is 7.13. The predicted octanol–water partition coefficient (Wildman–Crippen LogP) is 2.83. The molecule has 3 rings (SSSR count). The summed E-state index contributed by atoms with van der Waals surface area (Å²) in [6.45, 7) is 8.70. The number of para-hydroxylation sites is 1. The minimum atomic E-state index is -3.58. The van der Waals surface area contributed by atoms with Crippen molar-refractivity contribution in [3.63, 3.8) is 0 Å². The first-order chi connectivity index (χ1) is 14.9. The van der Waals surface area contributed by atoms with E-state index >= 15 is 0 Å². The van der Waals surface area contributed by atoms with Crippen LogP contribution in [0.15, 0.2) is 53.4 Å². The third kappa shape index (κ3) is 6.53. The van der Waals surface area contributed by atoms with E-state index in [1.807, 2.05) is 6.07 Å². The number of hydrogen-bond acceptors (Lipinski definition) is 5. The van der Waals surface area contributed by atoms with Crippen LogP contribution in [0, 0.1) is 6.92 Å². The molecule has 2 N–H and O–H groups in total. The zero-order valence-electron chi connectivity index (χ0n) is 18.3. The molecular formula is C23H32N4O3S. The third-order valence-electron chi connectivity index (χ3n) is 5.51. The number of rotatable bonds is 9. The van der Waals surface area contributed by atoms with Gasteiger partial charge in [0.2, 0.25) is 15.9 Å². The summed E-state index contributed by atoms with van der Waals surface area (Å²) in [4.78, 5) is 16.5. The second-order valence-corrected chi connectivity index (χ2v) is 9.53. The second kappa shape index (κ2) is 10.7. The number of amides is 1. The van der Waals surface area contributed by atoms with E-state index in [-0.39, 0.29) is 10.8 Å². The SMILES string of the molecule is CCC(=O)Nc1ccc(S(=O)(=O)NCCCN2CCN(c3ccccc3)CC2)c(C)c1. The monoisotopic (exact) mass is 444 g/mol. The molecule has 8 heteroatoms. The molecular weight excluding hydrogens is 412 g/mol. The molecule has 0 radical (unpaired) electrons. The van der Waals surface area contributed by atoms with Gasteiger partial charge in [-0.2, -0.15) is 0 Å². The van der Waals surface area contributed by atoms with Gasteiger partial charge in [-0.15, -0.1) is 0 Å². The molecule has 1 saturated heterocycles. The summed E-state index contributed by atoms with van der Waals surface area (Å²) in [5.41, 5.74) is 2.47. The van der Waals surface area contributed by atoms with Crippen LogP contribution in [0.2, 0.25) is 0 Å². The first-order valence-corrected chi connectivity index (χ1v) is 12.3. The van der Waals surface area contributed by atoms with E-state index in [9.17, 15) is 13.2 Å². The van der Waals surface area contributed by atoms with Gasteiger partial charge in [-0.1, -0.05) is 25.1 Å². The second-order valence-electron chi connectivity index (χ2n) is 7.80. The van der Waals surface area contributed by atoms with Crippen LogP contribution in [0.1, 0.15) is 25.3 Å². The van der Waals surface area contributed by atoms with Crippen molar-refractivity contribution in [2.45, 2.75) is 31.6 Å². The van der Waals surface area contributed by atoms with Crippen molar-refractivity contribution < 1.29 is 13.2 Å². The molecule has 1 heterocycles. The number of anilines is 2. The summed E-state index contributed by atoms with van der Waals surface area (Å²) < 4.78 is 28.1. The Morgan fingerprint density at radius 2 is 1.74 bits per heavy atom. The Morgan fingerprint density at radius 1 is 1.03 bits per heavy atom. The van der Waals surface area contributed by atoms with Gasteiger partial charge < -0.3 is 10.2 Å². The molecule has 0 saturated carbocycles. The van der Waals surface area contributed by atoms with E-state index in [2.05, 4.69) is 44.1 Å². The van der Waals surface area contributed by atoms with Gasteiger partial charge >= 0.3 is 0 Å². The molecule has 1 amide bonds. The van der Waals surface area contributed by atoms with Crippen LogP contribution < -0.4 is 14.9 Å². The molecule has 0 unspecified atom stereocenters. The largest absolute Gasteiger partial charge is 0.369 e. The standard InChI is InChI=1S/C23H32N4O3S/c1-3-23(28)25-20-10-11-22(19(2)18-20)31(29,30)24-12-7-13-26-14-16-27(17-15-26)21-8-5-4-6-9-21/h4-6,8-11,18,24H,3,7,12-17H2,1-2H3,(H,25,28). The maximum absolute atomic E-state index is 12.7. The van der Waals surface area contributed by atoms with Crippen molar-refractivity contribution in [2.24, 2.45) is 0 Å². The highest BCUT2D eigenvalue weighted by Crippen LogP contribution is 2.20. The Kier molecular flexibility index (Phi) is 8.06. The lowest BCUT2D eigenvalue weighted by Crippen LogP contribution is -2.47. The molecule has 0 spiro atoms. The number of sulfonamides is 1. The van der Waals surface area contributed by atoms with Gasteiger partial charge in [0.25, 0.3) is 0 Å². The van der Waals surface area contributed by atoms with E-state index in [0.717, 1.165) is 39.1 Å². The number of piperazine rings is 1. The van der Waals surface area contributed by atoms with E-state index in [4.69, 9.17) is 0 Å². The van der Waals surface area contributed by atoms with E-state index in [1.54, 1.807) is 32.0 Å². The van der Waals surface area contributed by atoms with Gasteiger partial charge in [0.1, 0.15) is 0 Å². The number of nitrogens with one attached hydrogen (secondary N) is 2. The normalized spacial score (nSPS) is 15.1. The summed E-state index contributed by atoms with van der Waals surface area (Å²) in [5.74, 6) is -0.0993. The molecule has 168 valence electrons.